The van der Waals surface area contributed by atoms with Gasteiger partial charge in [0.05, 0.1) is 0 Å². The molecule has 0 radical (unpaired) electrons. The van der Waals surface area contributed by atoms with Gasteiger partial charge in [-0.2, -0.15) is 0 Å². The molecule has 1 aliphatic carbocycles. The van der Waals surface area contributed by atoms with Crippen molar-refractivity contribution < 1.29 is 9.59 Å². The van der Waals surface area contributed by atoms with Gasteiger partial charge in [0.1, 0.15) is 12.2 Å². The third kappa shape index (κ3) is 1.92. The van der Waals surface area contributed by atoms with Gasteiger partial charge in [-0.15, -0.1) is 0 Å². The van der Waals surface area contributed by atoms with Crippen molar-refractivity contribution in [3.05, 3.63) is 59.2 Å². The van der Waals surface area contributed by atoms with Crippen molar-refractivity contribution in [1.82, 2.24) is 0 Å². The molecule has 0 spiro atoms. The van der Waals surface area contributed by atoms with E-state index in [0.29, 0.717) is 17.6 Å². The molecule has 0 saturated heterocycles. The van der Waals surface area contributed by atoms with Gasteiger partial charge in [0, 0.05) is 12.0 Å². The van der Waals surface area contributed by atoms with Gasteiger partial charge in [0.2, 0.25) is 0 Å². The van der Waals surface area contributed by atoms with Crippen LogP contribution in [-0.4, -0.2) is 12.2 Å². The maximum Gasteiger partial charge on any atom is 0.146 e. The van der Waals surface area contributed by atoms with Crippen LogP contribution in [0.4, 0.5) is 0 Å². The summed E-state index contributed by atoms with van der Waals surface area (Å²) in [5.41, 5.74) is 2.97. The van der Waals surface area contributed by atoms with Gasteiger partial charge in [-0.1, -0.05) is 42.5 Å². The zero-order valence-electron chi connectivity index (χ0n) is 8.64. The lowest BCUT2D eigenvalue weighted by atomic mass is 9.90. The van der Waals surface area contributed by atoms with Crippen LogP contribution in [0.3, 0.4) is 0 Å². The molecule has 1 aromatic carbocycles. The summed E-state index contributed by atoms with van der Waals surface area (Å²) in [6.45, 7) is 0. The molecule has 0 saturated carbocycles. The number of aldehydes is 1. The van der Waals surface area contributed by atoms with Crippen LogP contribution in [0.5, 0.6) is 0 Å². The van der Waals surface area contributed by atoms with Crippen molar-refractivity contribution in [2.24, 2.45) is 0 Å². The quantitative estimate of drug-likeness (QED) is 0.554. The zero-order valence-corrected chi connectivity index (χ0v) is 8.64. The fraction of sp³-hybridized carbons (Fsp3) is 0.0714. The Balaban J connectivity index is 2.48. The van der Waals surface area contributed by atoms with Gasteiger partial charge in [-0.3, -0.25) is 4.79 Å². The Labute approximate surface area is 93.6 Å². The molecule has 2 rings (SSSR count). The van der Waals surface area contributed by atoms with Crippen LogP contribution in [-0.2, 0) is 9.59 Å². The summed E-state index contributed by atoms with van der Waals surface area (Å²) in [5.74, 6) is 1.92. The van der Waals surface area contributed by atoms with Crippen LogP contribution >= 0.6 is 0 Å². The van der Waals surface area contributed by atoms with Crippen LogP contribution in [0.2, 0.25) is 0 Å². The maximum atomic E-state index is 10.9. The number of rotatable bonds is 2. The number of hydrogen-bond acceptors (Lipinski definition) is 2. The molecule has 2 heteroatoms. The van der Waals surface area contributed by atoms with Gasteiger partial charge < -0.3 is 0 Å². The van der Waals surface area contributed by atoms with E-state index >= 15 is 0 Å². The second kappa shape index (κ2) is 4.56. The minimum atomic E-state index is 0.369. The average molecular weight is 210 g/mol. The molecule has 78 valence electrons. The van der Waals surface area contributed by atoms with E-state index in [4.69, 9.17) is 0 Å². The first-order valence-electron chi connectivity index (χ1n) is 5.01. The standard InChI is InChI=1S/C14H10O2/c15-9-11-6-7-14(13(8-11)10-16)12-4-2-1-3-5-12/h1-7,9H,8H2. The van der Waals surface area contributed by atoms with Gasteiger partial charge >= 0.3 is 0 Å². The second-order valence-corrected chi connectivity index (χ2v) is 3.56. The summed E-state index contributed by atoms with van der Waals surface area (Å²) in [7, 11) is 0. The van der Waals surface area contributed by atoms with E-state index in [9.17, 15) is 9.59 Å². The van der Waals surface area contributed by atoms with Crippen molar-refractivity contribution in [2.75, 3.05) is 0 Å². The number of benzene rings is 1. The zero-order chi connectivity index (χ0) is 11.4. The predicted octanol–water partition coefficient (Wildman–Crippen LogP) is 2.36. The first kappa shape index (κ1) is 10.3. The highest BCUT2D eigenvalue weighted by Gasteiger charge is 2.14. The summed E-state index contributed by atoms with van der Waals surface area (Å²) in [4.78, 5) is 21.5. The van der Waals surface area contributed by atoms with Gasteiger partial charge in [-0.25, -0.2) is 4.79 Å². The van der Waals surface area contributed by atoms with E-state index in [1.165, 1.54) is 0 Å². The molecule has 0 N–H and O–H groups in total. The third-order valence-corrected chi connectivity index (χ3v) is 2.53. The molecule has 0 amide bonds. The highest BCUT2D eigenvalue weighted by molar-refractivity contribution is 5.93. The fourth-order valence-electron chi connectivity index (χ4n) is 1.71. The third-order valence-electron chi connectivity index (χ3n) is 2.53. The topological polar surface area (TPSA) is 34.1 Å². The van der Waals surface area contributed by atoms with Crippen molar-refractivity contribution in [3.8, 4) is 0 Å². The van der Waals surface area contributed by atoms with E-state index < -0.39 is 0 Å². The smallest absolute Gasteiger partial charge is 0.146 e. The number of hydrogen-bond donors (Lipinski definition) is 0. The SMILES string of the molecule is O=C=C1CC(C=O)=CC=C1c1ccccc1. The van der Waals surface area contributed by atoms with E-state index in [1.807, 2.05) is 36.3 Å². The lowest BCUT2D eigenvalue weighted by Gasteiger charge is -2.12. The first-order valence-corrected chi connectivity index (χ1v) is 5.01. The molecular formula is C14H10O2. The summed E-state index contributed by atoms with van der Waals surface area (Å²) >= 11 is 0. The molecule has 1 aliphatic rings. The molecule has 0 fully saturated rings. The molecule has 0 aromatic heterocycles. The monoisotopic (exact) mass is 210 g/mol. The molecule has 0 unspecified atom stereocenters. The maximum absolute atomic E-state index is 10.9. The van der Waals surface area contributed by atoms with Crippen molar-refractivity contribution in [1.29, 1.82) is 0 Å². The molecule has 2 nitrogen and oxygen atoms in total. The Morgan fingerprint density at radius 2 is 1.88 bits per heavy atom. The average Bonchev–Trinajstić information content (AvgIpc) is 2.39. The Morgan fingerprint density at radius 1 is 1.12 bits per heavy atom. The molecule has 1 aromatic rings. The van der Waals surface area contributed by atoms with Crippen molar-refractivity contribution >= 4 is 17.8 Å². The van der Waals surface area contributed by atoms with E-state index in [0.717, 1.165) is 17.4 Å². The van der Waals surface area contributed by atoms with Gasteiger partial charge in [0.15, 0.2) is 0 Å². The van der Waals surface area contributed by atoms with E-state index in [1.54, 1.807) is 12.2 Å². The molecule has 0 atom stereocenters. The normalized spacial score (nSPS) is 14.9. The summed E-state index contributed by atoms with van der Waals surface area (Å²) in [6.07, 6.45) is 4.68. The second-order valence-electron chi connectivity index (χ2n) is 3.56. The van der Waals surface area contributed by atoms with E-state index in [2.05, 4.69) is 0 Å². The van der Waals surface area contributed by atoms with E-state index in [-0.39, 0.29) is 0 Å². The number of carbonyl (C=O) groups excluding carboxylic acids is 2. The van der Waals surface area contributed by atoms with Crippen molar-refractivity contribution in [2.45, 2.75) is 6.42 Å². The Hall–Kier alpha value is -2.18. The number of carbonyl (C=O) groups is 1. The highest BCUT2D eigenvalue weighted by Crippen LogP contribution is 2.29. The predicted molar refractivity (Wildman–Crippen MR) is 62.4 cm³/mol. The number of allylic oxidation sites excluding steroid dienone is 5. The minimum absolute atomic E-state index is 0.369. The Kier molecular flexibility index (Phi) is 2.95. The summed E-state index contributed by atoms with van der Waals surface area (Å²) in [6, 6.07) is 9.62. The van der Waals surface area contributed by atoms with Crippen LogP contribution in [0.25, 0.3) is 5.57 Å². The van der Waals surface area contributed by atoms with Gasteiger partial charge in [0.25, 0.3) is 0 Å². The Morgan fingerprint density at radius 3 is 2.50 bits per heavy atom. The van der Waals surface area contributed by atoms with Crippen LogP contribution < -0.4 is 0 Å². The fourth-order valence-corrected chi connectivity index (χ4v) is 1.71. The van der Waals surface area contributed by atoms with Crippen LogP contribution in [0.1, 0.15) is 12.0 Å². The molecule has 0 aliphatic heterocycles. The molecule has 0 heterocycles. The van der Waals surface area contributed by atoms with Crippen LogP contribution in [0, 0.1) is 0 Å². The lowest BCUT2D eigenvalue weighted by molar-refractivity contribution is -0.105. The molecule has 16 heavy (non-hydrogen) atoms. The largest absolute Gasteiger partial charge is 0.298 e. The highest BCUT2D eigenvalue weighted by atomic mass is 16.1. The molecular weight excluding hydrogens is 200 g/mol. The first-order chi connectivity index (χ1) is 7.85. The van der Waals surface area contributed by atoms with Crippen molar-refractivity contribution in [3.63, 3.8) is 0 Å². The molecule has 0 bridgehead atoms. The minimum Gasteiger partial charge on any atom is -0.298 e. The van der Waals surface area contributed by atoms with Crippen LogP contribution in [0.15, 0.2) is 53.6 Å². The summed E-state index contributed by atoms with van der Waals surface area (Å²) in [5, 5.41) is 0. The summed E-state index contributed by atoms with van der Waals surface area (Å²) < 4.78 is 0. The lowest BCUT2D eigenvalue weighted by Crippen LogP contribution is -1.99. The van der Waals surface area contributed by atoms with Gasteiger partial charge in [-0.05, 0) is 16.7 Å². The Bertz CT molecular complexity index is 515.